The van der Waals surface area contributed by atoms with Gasteiger partial charge in [0.15, 0.2) is 0 Å². The molecule has 1 aliphatic carbocycles. The highest BCUT2D eigenvalue weighted by Crippen LogP contribution is 2.22. The fraction of sp³-hybridized carbons (Fsp3) is 0.333. The van der Waals surface area contributed by atoms with Crippen molar-refractivity contribution in [3.05, 3.63) is 59.7 Å². The van der Waals surface area contributed by atoms with Crippen molar-refractivity contribution < 1.29 is 0 Å². The van der Waals surface area contributed by atoms with E-state index in [2.05, 4.69) is 60.8 Å². The van der Waals surface area contributed by atoms with Crippen LogP contribution in [-0.2, 0) is 13.0 Å². The first kappa shape index (κ1) is 12.4. The second kappa shape index (κ2) is 5.58. The van der Waals surface area contributed by atoms with E-state index in [9.17, 15) is 0 Å². The van der Waals surface area contributed by atoms with Gasteiger partial charge in [-0.15, -0.1) is 0 Å². The van der Waals surface area contributed by atoms with Gasteiger partial charge in [-0.2, -0.15) is 0 Å². The van der Waals surface area contributed by atoms with Crippen molar-refractivity contribution in [2.24, 2.45) is 0 Å². The number of aryl methyl sites for hydroxylation is 1. The summed E-state index contributed by atoms with van der Waals surface area (Å²) in [7, 11) is 0. The maximum absolute atomic E-state index is 3.55. The fourth-order valence-electron chi connectivity index (χ4n) is 2.30. The lowest BCUT2D eigenvalue weighted by Crippen LogP contribution is -2.14. The van der Waals surface area contributed by atoms with Crippen LogP contribution in [0.1, 0.15) is 30.9 Å². The summed E-state index contributed by atoms with van der Waals surface area (Å²) in [5.41, 5.74) is 5.38. The average molecular weight is 251 g/mol. The SMILES string of the molecule is CCc1ccc(-c2ccc(CNC3CC3)cc2)cc1. The third-order valence-corrected chi connectivity index (χ3v) is 3.82. The van der Waals surface area contributed by atoms with Crippen molar-refractivity contribution in [2.75, 3.05) is 0 Å². The minimum atomic E-state index is 0.779. The molecule has 0 bridgehead atoms. The number of hydrogen-bond acceptors (Lipinski definition) is 1. The highest BCUT2D eigenvalue weighted by Gasteiger charge is 2.19. The van der Waals surface area contributed by atoms with E-state index < -0.39 is 0 Å². The molecule has 0 unspecified atom stereocenters. The van der Waals surface area contributed by atoms with E-state index in [0.29, 0.717) is 0 Å². The van der Waals surface area contributed by atoms with Crippen LogP contribution in [0.3, 0.4) is 0 Å². The zero-order valence-electron chi connectivity index (χ0n) is 11.5. The molecule has 1 saturated carbocycles. The second-order valence-corrected chi connectivity index (χ2v) is 5.40. The minimum absolute atomic E-state index is 0.779. The average Bonchev–Trinajstić information content (AvgIpc) is 3.30. The summed E-state index contributed by atoms with van der Waals surface area (Å²) >= 11 is 0. The maximum Gasteiger partial charge on any atom is 0.0208 e. The van der Waals surface area contributed by atoms with Crippen LogP contribution in [0.2, 0.25) is 0 Å². The lowest BCUT2D eigenvalue weighted by Gasteiger charge is -2.06. The van der Waals surface area contributed by atoms with Crippen LogP contribution in [0.25, 0.3) is 11.1 Å². The van der Waals surface area contributed by atoms with Crippen molar-refractivity contribution in [3.8, 4) is 11.1 Å². The molecule has 98 valence electrons. The molecule has 19 heavy (non-hydrogen) atoms. The monoisotopic (exact) mass is 251 g/mol. The number of nitrogens with one attached hydrogen (secondary N) is 1. The number of rotatable bonds is 5. The van der Waals surface area contributed by atoms with Gasteiger partial charge in [-0.3, -0.25) is 0 Å². The van der Waals surface area contributed by atoms with Gasteiger partial charge in [-0.05, 0) is 41.5 Å². The van der Waals surface area contributed by atoms with E-state index in [-0.39, 0.29) is 0 Å². The van der Waals surface area contributed by atoms with E-state index in [1.54, 1.807) is 0 Å². The van der Waals surface area contributed by atoms with Gasteiger partial charge in [-0.25, -0.2) is 0 Å². The first-order chi connectivity index (χ1) is 9.35. The summed E-state index contributed by atoms with van der Waals surface area (Å²) in [4.78, 5) is 0. The smallest absolute Gasteiger partial charge is 0.0208 e. The quantitative estimate of drug-likeness (QED) is 0.841. The predicted octanol–water partition coefficient (Wildman–Crippen LogP) is 4.17. The Morgan fingerprint density at radius 1 is 0.842 bits per heavy atom. The van der Waals surface area contributed by atoms with E-state index in [1.165, 1.54) is 35.1 Å². The summed E-state index contributed by atoms with van der Waals surface area (Å²) in [6, 6.07) is 18.6. The van der Waals surface area contributed by atoms with Gasteiger partial charge in [0.1, 0.15) is 0 Å². The van der Waals surface area contributed by atoms with Gasteiger partial charge in [0.05, 0.1) is 0 Å². The minimum Gasteiger partial charge on any atom is -0.310 e. The summed E-state index contributed by atoms with van der Waals surface area (Å²) in [5, 5.41) is 3.55. The van der Waals surface area contributed by atoms with Crippen molar-refractivity contribution in [1.29, 1.82) is 0 Å². The molecule has 1 nitrogen and oxygen atoms in total. The molecular formula is C18H21N. The second-order valence-electron chi connectivity index (χ2n) is 5.40. The van der Waals surface area contributed by atoms with Crippen LogP contribution in [0.15, 0.2) is 48.5 Å². The van der Waals surface area contributed by atoms with E-state index in [1.807, 2.05) is 0 Å². The Bertz CT molecular complexity index is 521. The van der Waals surface area contributed by atoms with Gasteiger partial charge in [0.25, 0.3) is 0 Å². The van der Waals surface area contributed by atoms with Gasteiger partial charge in [-0.1, -0.05) is 55.5 Å². The molecule has 0 atom stereocenters. The summed E-state index contributed by atoms with van der Waals surface area (Å²) in [6.07, 6.45) is 3.80. The third-order valence-electron chi connectivity index (χ3n) is 3.82. The van der Waals surface area contributed by atoms with Crippen molar-refractivity contribution in [1.82, 2.24) is 5.32 Å². The van der Waals surface area contributed by atoms with Crippen LogP contribution in [-0.4, -0.2) is 6.04 Å². The normalized spacial score (nSPS) is 14.6. The molecule has 1 N–H and O–H groups in total. The molecule has 2 aromatic carbocycles. The molecule has 0 saturated heterocycles. The largest absolute Gasteiger partial charge is 0.310 e. The molecule has 3 rings (SSSR count). The molecule has 0 spiro atoms. The molecule has 1 fully saturated rings. The van der Waals surface area contributed by atoms with Gasteiger partial charge < -0.3 is 5.32 Å². The topological polar surface area (TPSA) is 12.0 Å². The van der Waals surface area contributed by atoms with Gasteiger partial charge in [0, 0.05) is 12.6 Å². The highest BCUT2D eigenvalue weighted by atomic mass is 14.9. The number of hydrogen-bond donors (Lipinski definition) is 1. The van der Waals surface area contributed by atoms with Crippen LogP contribution < -0.4 is 5.32 Å². The highest BCUT2D eigenvalue weighted by molar-refractivity contribution is 5.63. The Morgan fingerprint density at radius 2 is 1.37 bits per heavy atom. The molecule has 0 heterocycles. The van der Waals surface area contributed by atoms with Crippen molar-refractivity contribution in [2.45, 2.75) is 38.8 Å². The van der Waals surface area contributed by atoms with E-state index >= 15 is 0 Å². The van der Waals surface area contributed by atoms with Gasteiger partial charge >= 0.3 is 0 Å². The first-order valence-electron chi connectivity index (χ1n) is 7.27. The summed E-state index contributed by atoms with van der Waals surface area (Å²) in [5.74, 6) is 0. The molecule has 0 aromatic heterocycles. The van der Waals surface area contributed by atoms with Crippen molar-refractivity contribution >= 4 is 0 Å². The molecule has 1 heteroatoms. The van der Waals surface area contributed by atoms with Crippen LogP contribution in [0.5, 0.6) is 0 Å². The summed E-state index contributed by atoms with van der Waals surface area (Å²) < 4.78 is 0. The molecular weight excluding hydrogens is 230 g/mol. The standard InChI is InChI=1S/C18H21N/c1-2-14-3-7-16(8-4-14)17-9-5-15(6-10-17)13-19-18-11-12-18/h3-10,18-19H,2,11-13H2,1H3. The van der Waals surface area contributed by atoms with Gasteiger partial charge in [0.2, 0.25) is 0 Å². The Kier molecular flexibility index (Phi) is 3.65. The lowest BCUT2D eigenvalue weighted by molar-refractivity contribution is 0.688. The van der Waals surface area contributed by atoms with Crippen molar-refractivity contribution in [3.63, 3.8) is 0 Å². The number of benzene rings is 2. The summed E-state index contributed by atoms with van der Waals surface area (Å²) in [6.45, 7) is 3.19. The lowest BCUT2D eigenvalue weighted by atomic mass is 10.0. The molecule has 0 aliphatic heterocycles. The Balaban J connectivity index is 1.69. The Hall–Kier alpha value is -1.60. The predicted molar refractivity (Wildman–Crippen MR) is 81.1 cm³/mol. The molecule has 1 aliphatic rings. The van der Waals surface area contributed by atoms with Crippen LogP contribution in [0, 0.1) is 0 Å². The molecule has 2 aromatic rings. The fourth-order valence-corrected chi connectivity index (χ4v) is 2.30. The maximum atomic E-state index is 3.55. The zero-order valence-corrected chi connectivity index (χ0v) is 11.5. The molecule has 0 amide bonds. The van der Waals surface area contributed by atoms with E-state index in [4.69, 9.17) is 0 Å². The first-order valence-corrected chi connectivity index (χ1v) is 7.27. The van der Waals surface area contributed by atoms with E-state index in [0.717, 1.165) is 19.0 Å². The Morgan fingerprint density at radius 3 is 1.84 bits per heavy atom. The van der Waals surface area contributed by atoms with Crippen LogP contribution in [0.4, 0.5) is 0 Å². The Labute approximate surface area is 115 Å². The zero-order chi connectivity index (χ0) is 13.1. The molecule has 0 radical (unpaired) electrons. The van der Waals surface area contributed by atoms with Crippen LogP contribution >= 0.6 is 0 Å². The third kappa shape index (κ3) is 3.24.